The maximum atomic E-state index is 5.30. The van der Waals surface area contributed by atoms with Gasteiger partial charge < -0.3 is 4.57 Å². The molecule has 0 saturated heterocycles. The summed E-state index contributed by atoms with van der Waals surface area (Å²) in [6, 6.07) is 72.8. The number of fused-ring (bicyclic) bond motifs is 5. The number of para-hydroxylation sites is 2. The summed E-state index contributed by atoms with van der Waals surface area (Å²) in [5.74, 6) is 1.91. The van der Waals surface area contributed by atoms with Crippen molar-refractivity contribution in [1.29, 1.82) is 0 Å². The molecule has 0 radical (unpaired) electrons. The van der Waals surface area contributed by atoms with Gasteiger partial charge in [0.25, 0.3) is 0 Å². The van der Waals surface area contributed by atoms with Crippen molar-refractivity contribution in [3.8, 4) is 62.1 Å². The molecule has 11 aromatic rings. The van der Waals surface area contributed by atoms with Crippen LogP contribution >= 0.6 is 0 Å². The van der Waals surface area contributed by atoms with Crippen LogP contribution in [0, 0.1) is 0 Å². The van der Waals surface area contributed by atoms with E-state index in [-0.39, 0.29) is 0 Å². The standard InChI is InChI=1S/C53H34N4/c1-3-15-35(16-4-1)39-33-38-19-7-8-20-41(38)48(34-39)53-55-51(37-17-5-2-6-18-37)54-52(56-53)47-32-31-42(43-21-9-10-22-44(43)47)36-27-29-40(30-28-36)57-49-25-13-11-23-45(49)46-24-12-14-26-50(46)57/h1-34H. The molecule has 4 heteroatoms. The van der Waals surface area contributed by atoms with Crippen LogP contribution in [-0.2, 0) is 0 Å². The highest BCUT2D eigenvalue weighted by Gasteiger charge is 2.19. The minimum atomic E-state index is 0.637. The molecule has 0 aliphatic heterocycles. The number of nitrogens with zero attached hydrogens (tertiary/aromatic N) is 4. The fourth-order valence-electron chi connectivity index (χ4n) is 8.36. The van der Waals surface area contributed by atoms with Gasteiger partial charge in [0, 0.05) is 33.2 Å². The van der Waals surface area contributed by atoms with Crippen LogP contribution in [0.15, 0.2) is 206 Å². The topological polar surface area (TPSA) is 43.6 Å². The molecular formula is C53H34N4. The van der Waals surface area contributed by atoms with E-state index in [2.05, 4.69) is 187 Å². The average molecular weight is 727 g/mol. The molecule has 11 rings (SSSR count). The third-order valence-corrected chi connectivity index (χ3v) is 11.1. The summed E-state index contributed by atoms with van der Waals surface area (Å²) in [6.45, 7) is 0. The van der Waals surface area contributed by atoms with Gasteiger partial charge >= 0.3 is 0 Å². The summed E-state index contributed by atoms with van der Waals surface area (Å²) in [4.78, 5) is 15.7. The summed E-state index contributed by atoms with van der Waals surface area (Å²) in [7, 11) is 0. The number of rotatable bonds is 6. The van der Waals surface area contributed by atoms with Crippen LogP contribution in [0.25, 0.3) is 105 Å². The molecule has 0 bridgehead atoms. The van der Waals surface area contributed by atoms with Gasteiger partial charge in [0.1, 0.15) is 0 Å². The van der Waals surface area contributed by atoms with Gasteiger partial charge in [0.05, 0.1) is 11.0 Å². The summed E-state index contributed by atoms with van der Waals surface area (Å²) in [5, 5.41) is 6.97. The van der Waals surface area contributed by atoms with Crippen LogP contribution in [0.3, 0.4) is 0 Å². The molecule has 2 heterocycles. The van der Waals surface area contributed by atoms with E-state index in [9.17, 15) is 0 Å². The van der Waals surface area contributed by atoms with E-state index in [1.807, 2.05) is 24.3 Å². The lowest BCUT2D eigenvalue weighted by atomic mass is 9.94. The Morgan fingerprint density at radius 2 is 0.772 bits per heavy atom. The predicted octanol–water partition coefficient (Wildman–Crippen LogP) is 13.6. The Morgan fingerprint density at radius 1 is 0.281 bits per heavy atom. The fraction of sp³-hybridized carbons (Fsp3) is 0. The summed E-state index contributed by atoms with van der Waals surface area (Å²) < 4.78 is 2.36. The van der Waals surface area contributed by atoms with Gasteiger partial charge in [-0.15, -0.1) is 0 Å². The average Bonchev–Trinajstić information content (AvgIpc) is 3.63. The smallest absolute Gasteiger partial charge is 0.164 e. The summed E-state index contributed by atoms with van der Waals surface area (Å²) >= 11 is 0. The van der Waals surface area contributed by atoms with Gasteiger partial charge in [-0.05, 0) is 86.3 Å². The quantitative estimate of drug-likeness (QED) is 0.171. The summed E-state index contributed by atoms with van der Waals surface area (Å²) in [6.07, 6.45) is 0. The van der Waals surface area contributed by atoms with E-state index in [0.29, 0.717) is 17.5 Å². The van der Waals surface area contributed by atoms with Crippen LogP contribution in [0.5, 0.6) is 0 Å². The van der Waals surface area contributed by atoms with Crippen molar-refractivity contribution >= 4 is 43.4 Å². The third-order valence-electron chi connectivity index (χ3n) is 11.1. The van der Waals surface area contributed by atoms with Crippen molar-refractivity contribution < 1.29 is 0 Å². The number of hydrogen-bond donors (Lipinski definition) is 0. The van der Waals surface area contributed by atoms with Crippen LogP contribution < -0.4 is 0 Å². The van der Waals surface area contributed by atoms with Gasteiger partial charge in [0.2, 0.25) is 0 Å². The molecular weight excluding hydrogens is 693 g/mol. The Labute approximate surface area is 330 Å². The molecule has 0 unspecified atom stereocenters. The lowest BCUT2D eigenvalue weighted by molar-refractivity contribution is 1.08. The van der Waals surface area contributed by atoms with Crippen molar-refractivity contribution in [2.75, 3.05) is 0 Å². The summed E-state index contributed by atoms with van der Waals surface area (Å²) in [5.41, 5.74) is 11.0. The SMILES string of the molecule is c1ccc(-c2cc(-c3nc(-c4ccccc4)nc(-c4ccc(-c5ccc(-n6c7ccccc7c7ccccc76)cc5)c5ccccc45)n3)c3ccccc3c2)cc1. The first-order valence-corrected chi connectivity index (χ1v) is 19.3. The maximum absolute atomic E-state index is 5.30. The van der Waals surface area contributed by atoms with Crippen molar-refractivity contribution in [1.82, 2.24) is 19.5 Å². The van der Waals surface area contributed by atoms with Crippen molar-refractivity contribution in [3.05, 3.63) is 206 Å². The zero-order valence-electron chi connectivity index (χ0n) is 30.9. The first-order chi connectivity index (χ1) is 28.3. The Morgan fingerprint density at radius 3 is 1.44 bits per heavy atom. The molecule has 266 valence electrons. The molecule has 57 heavy (non-hydrogen) atoms. The molecule has 4 nitrogen and oxygen atoms in total. The molecule has 0 fully saturated rings. The van der Waals surface area contributed by atoms with Gasteiger partial charge in [0.15, 0.2) is 17.5 Å². The molecule has 0 saturated carbocycles. The molecule has 0 atom stereocenters. The Hall–Kier alpha value is -7.69. The van der Waals surface area contributed by atoms with Crippen molar-refractivity contribution in [2.24, 2.45) is 0 Å². The van der Waals surface area contributed by atoms with Crippen LogP contribution in [0.2, 0.25) is 0 Å². The van der Waals surface area contributed by atoms with Crippen LogP contribution in [0.1, 0.15) is 0 Å². The number of benzene rings is 9. The predicted molar refractivity (Wildman–Crippen MR) is 236 cm³/mol. The highest BCUT2D eigenvalue weighted by atomic mass is 15.0. The maximum Gasteiger partial charge on any atom is 0.164 e. The molecule has 0 amide bonds. The molecule has 0 spiro atoms. The van der Waals surface area contributed by atoms with Gasteiger partial charge in [-0.2, -0.15) is 0 Å². The Balaban J connectivity index is 1.07. The highest BCUT2D eigenvalue weighted by Crippen LogP contribution is 2.39. The number of aromatic nitrogens is 4. The highest BCUT2D eigenvalue weighted by molar-refractivity contribution is 6.09. The monoisotopic (exact) mass is 726 g/mol. The van der Waals surface area contributed by atoms with E-state index in [0.717, 1.165) is 66.2 Å². The zero-order chi connectivity index (χ0) is 37.7. The second-order valence-corrected chi connectivity index (χ2v) is 14.4. The van der Waals surface area contributed by atoms with E-state index >= 15 is 0 Å². The van der Waals surface area contributed by atoms with Gasteiger partial charge in [-0.3, -0.25) is 0 Å². The lowest BCUT2D eigenvalue weighted by Crippen LogP contribution is -2.01. The second-order valence-electron chi connectivity index (χ2n) is 14.4. The molecule has 0 aliphatic carbocycles. The Bertz CT molecular complexity index is 3220. The van der Waals surface area contributed by atoms with Crippen molar-refractivity contribution in [3.63, 3.8) is 0 Å². The zero-order valence-corrected chi connectivity index (χ0v) is 30.9. The van der Waals surface area contributed by atoms with Crippen LogP contribution in [-0.4, -0.2) is 19.5 Å². The van der Waals surface area contributed by atoms with Gasteiger partial charge in [-0.25, -0.2) is 15.0 Å². The minimum absolute atomic E-state index is 0.637. The van der Waals surface area contributed by atoms with Crippen molar-refractivity contribution in [2.45, 2.75) is 0 Å². The lowest BCUT2D eigenvalue weighted by Gasteiger charge is -2.15. The normalized spacial score (nSPS) is 11.5. The van der Waals surface area contributed by atoms with Crippen LogP contribution in [0.4, 0.5) is 0 Å². The number of hydrogen-bond acceptors (Lipinski definition) is 3. The molecule has 0 N–H and O–H groups in total. The van der Waals surface area contributed by atoms with E-state index in [1.54, 1.807) is 0 Å². The van der Waals surface area contributed by atoms with Gasteiger partial charge in [-0.1, -0.05) is 164 Å². The second kappa shape index (κ2) is 13.6. The molecule has 9 aromatic carbocycles. The molecule has 2 aromatic heterocycles. The first kappa shape index (κ1) is 32.7. The fourth-order valence-corrected chi connectivity index (χ4v) is 8.36. The van der Waals surface area contributed by atoms with E-state index in [1.165, 1.54) is 21.8 Å². The largest absolute Gasteiger partial charge is 0.309 e. The minimum Gasteiger partial charge on any atom is -0.309 e. The van der Waals surface area contributed by atoms with E-state index < -0.39 is 0 Å². The first-order valence-electron chi connectivity index (χ1n) is 19.3. The van der Waals surface area contributed by atoms with E-state index in [4.69, 9.17) is 15.0 Å². The Kier molecular flexibility index (Phi) is 7.78. The molecule has 0 aliphatic rings. The third kappa shape index (κ3) is 5.66.